The normalized spacial score (nSPS) is 29.5. The van der Waals surface area contributed by atoms with Gasteiger partial charge in [0.1, 0.15) is 12.7 Å². The molecule has 5 atom stereocenters. The van der Waals surface area contributed by atoms with Crippen molar-refractivity contribution in [1.82, 2.24) is 0 Å². The summed E-state index contributed by atoms with van der Waals surface area (Å²) in [6.45, 7) is 9.71. The van der Waals surface area contributed by atoms with Gasteiger partial charge in [-0.25, -0.2) is 0 Å². The predicted octanol–water partition coefficient (Wildman–Crippen LogP) is 2.12. The fraction of sp³-hybridized carbons (Fsp3) is 0.688. The van der Waals surface area contributed by atoms with Crippen LogP contribution >= 0.6 is 15.9 Å². The maximum Gasteiger partial charge on any atom is 0.303 e. The van der Waals surface area contributed by atoms with Gasteiger partial charge >= 0.3 is 17.9 Å². The Labute approximate surface area is 149 Å². The largest absolute Gasteiger partial charge is 0.463 e. The summed E-state index contributed by atoms with van der Waals surface area (Å²) in [6.07, 6.45) is -1.62. The van der Waals surface area contributed by atoms with Gasteiger partial charge in [0.05, 0.1) is 5.92 Å². The topological polar surface area (TPSA) is 88.1 Å². The SMILES string of the molecule is C=C(CC)C1C(COC(C)=O)OC(Br)C(OC(C)=O)C1OC(C)=O. The zero-order chi connectivity index (χ0) is 18.4. The Morgan fingerprint density at radius 3 is 2.04 bits per heavy atom. The van der Waals surface area contributed by atoms with Gasteiger partial charge < -0.3 is 18.9 Å². The second-order valence-corrected chi connectivity index (χ2v) is 6.42. The Morgan fingerprint density at radius 1 is 1.04 bits per heavy atom. The average molecular weight is 407 g/mol. The standard InChI is InChI=1S/C16H23BrO7/c1-6-8(2)13-12(7-21-9(3)18)24-16(17)15(23-11(5)20)14(13)22-10(4)19/h12-16H,2,6-7H2,1,3-5H3. The molecule has 0 aromatic heterocycles. The molecule has 7 nitrogen and oxygen atoms in total. The van der Waals surface area contributed by atoms with Gasteiger partial charge in [0.25, 0.3) is 0 Å². The second kappa shape index (κ2) is 9.17. The van der Waals surface area contributed by atoms with E-state index in [0.29, 0.717) is 6.42 Å². The first kappa shape index (κ1) is 20.6. The molecule has 1 aliphatic heterocycles. The van der Waals surface area contributed by atoms with Gasteiger partial charge in [0.2, 0.25) is 0 Å². The van der Waals surface area contributed by atoms with E-state index >= 15 is 0 Å². The maximum atomic E-state index is 11.5. The van der Waals surface area contributed by atoms with Crippen LogP contribution in [0.4, 0.5) is 0 Å². The Kier molecular flexibility index (Phi) is 7.89. The summed E-state index contributed by atoms with van der Waals surface area (Å²) >= 11 is 3.30. The van der Waals surface area contributed by atoms with Crippen molar-refractivity contribution in [2.24, 2.45) is 5.92 Å². The van der Waals surface area contributed by atoms with Gasteiger partial charge in [-0.05, 0) is 6.42 Å². The molecule has 1 rings (SSSR count). The number of carbonyl (C=O) groups is 3. The van der Waals surface area contributed by atoms with Crippen LogP contribution in [0.2, 0.25) is 0 Å². The maximum absolute atomic E-state index is 11.5. The summed E-state index contributed by atoms with van der Waals surface area (Å²) in [6, 6.07) is 0. The highest BCUT2D eigenvalue weighted by Gasteiger charge is 2.49. The molecule has 0 N–H and O–H groups in total. The van der Waals surface area contributed by atoms with Crippen molar-refractivity contribution in [3.8, 4) is 0 Å². The van der Waals surface area contributed by atoms with Crippen LogP contribution in [-0.2, 0) is 33.3 Å². The van der Waals surface area contributed by atoms with E-state index in [9.17, 15) is 14.4 Å². The summed E-state index contributed by atoms with van der Waals surface area (Å²) in [4.78, 5) is 34.1. The first-order valence-electron chi connectivity index (χ1n) is 7.62. The Bertz CT molecular complexity index is 505. The van der Waals surface area contributed by atoms with Crippen LogP contribution in [0.15, 0.2) is 12.2 Å². The number of carbonyl (C=O) groups excluding carboxylic acids is 3. The number of ether oxygens (including phenoxy) is 4. The van der Waals surface area contributed by atoms with Crippen LogP contribution in [0.3, 0.4) is 0 Å². The summed E-state index contributed by atoms with van der Waals surface area (Å²) < 4.78 is 21.6. The van der Waals surface area contributed by atoms with Crippen molar-refractivity contribution < 1.29 is 33.3 Å². The first-order chi connectivity index (χ1) is 11.2. The van der Waals surface area contributed by atoms with Gasteiger partial charge in [-0.1, -0.05) is 35.0 Å². The van der Waals surface area contributed by atoms with Crippen molar-refractivity contribution in [2.75, 3.05) is 6.61 Å². The van der Waals surface area contributed by atoms with Crippen molar-refractivity contribution in [2.45, 2.75) is 57.4 Å². The minimum absolute atomic E-state index is 0.0221. The quantitative estimate of drug-likeness (QED) is 0.288. The molecule has 1 fully saturated rings. The molecular formula is C16H23BrO7. The highest BCUT2D eigenvalue weighted by molar-refractivity contribution is 9.09. The summed E-state index contributed by atoms with van der Waals surface area (Å²) in [7, 11) is 0. The molecule has 0 radical (unpaired) electrons. The smallest absolute Gasteiger partial charge is 0.303 e. The van der Waals surface area contributed by atoms with E-state index in [0.717, 1.165) is 5.57 Å². The van der Waals surface area contributed by atoms with Gasteiger partial charge in [0, 0.05) is 20.8 Å². The number of halogens is 1. The third-order valence-corrected chi connectivity index (χ3v) is 4.36. The summed E-state index contributed by atoms with van der Waals surface area (Å²) in [5.41, 5.74) is 0.745. The molecule has 0 saturated carbocycles. The number of hydrogen-bond acceptors (Lipinski definition) is 7. The lowest BCUT2D eigenvalue weighted by Gasteiger charge is -2.44. The van der Waals surface area contributed by atoms with E-state index in [1.807, 2.05) is 6.92 Å². The molecule has 1 heterocycles. The number of hydrogen-bond donors (Lipinski definition) is 0. The zero-order valence-electron chi connectivity index (χ0n) is 14.2. The Balaban J connectivity index is 3.16. The van der Waals surface area contributed by atoms with Gasteiger partial charge in [-0.2, -0.15) is 0 Å². The second-order valence-electron chi connectivity index (χ2n) is 5.51. The molecule has 0 aromatic carbocycles. The van der Waals surface area contributed by atoms with Crippen LogP contribution in [0.5, 0.6) is 0 Å². The van der Waals surface area contributed by atoms with Crippen molar-refractivity contribution in [3.05, 3.63) is 12.2 Å². The van der Waals surface area contributed by atoms with Crippen LogP contribution < -0.4 is 0 Å². The number of alkyl halides is 1. The van der Waals surface area contributed by atoms with E-state index < -0.39 is 47.2 Å². The van der Waals surface area contributed by atoms with Gasteiger partial charge in [-0.3, -0.25) is 14.4 Å². The summed E-state index contributed by atoms with van der Waals surface area (Å²) in [5, 5.41) is -0.716. The van der Waals surface area contributed by atoms with E-state index in [4.69, 9.17) is 18.9 Å². The molecule has 5 unspecified atom stereocenters. The minimum atomic E-state index is -0.840. The number of rotatable bonds is 6. The average Bonchev–Trinajstić information content (AvgIpc) is 2.47. The molecular weight excluding hydrogens is 384 g/mol. The third-order valence-electron chi connectivity index (χ3n) is 3.62. The lowest BCUT2D eigenvalue weighted by Crippen LogP contribution is -2.57. The van der Waals surface area contributed by atoms with Crippen LogP contribution in [0.1, 0.15) is 34.1 Å². The van der Waals surface area contributed by atoms with E-state index in [1.54, 1.807) is 0 Å². The van der Waals surface area contributed by atoms with Crippen LogP contribution in [0.25, 0.3) is 0 Å². The lowest BCUT2D eigenvalue weighted by molar-refractivity contribution is -0.209. The predicted molar refractivity (Wildman–Crippen MR) is 88.3 cm³/mol. The molecule has 0 amide bonds. The lowest BCUT2D eigenvalue weighted by atomic mass is 9.83. The molecule has 0 spiro atoms. The van der Waals surface area contributed by atoms with E-state index in [2.05, 4.69) is 22.5 Å². The molecule has 0 aliphatic carbocycles. The highest BCUT2D eigenvalue weighted by Crippen LogP contribution is 2.37. The van der Waals surface area contributed by atoms with E-state index in [-0.39, 0.29) is 6.61 Å². The molecule has 136 valence electrons. The molecule has 0 bridgehead atoms. The third kappa shape index (κ3) is 5.59. The van der Waals surface area contributed by atoms with Crippen molar-refractivity contribution in [1.29, 1.82) is 0 Å². The van der Waals surface area contributed by atoms with Gasteiger partial charge in [0.15, 0.2) is 17.2 Å². The first-order valence-corrected chi connectivity index (χ1v) is 8.53. The van der Waals surface area contributed by atoms with Crippen LogP contribution in [0, 0.1) is 5.92 Å². The fourth-order valence-corrected chi connectivity index (χ4v) is 3.30. The molecule has 1 saturated heterocycles. The Hall–Kier alpha value is -1.41. The molecule has 0 aromatic rings. The van der Waals surface area contributed by atoms with Crippen molar-refractivity contribution in [3.63, 3.8) is 0 Å². The van der Waals surface area contributed by atoms with Crippen LogP contribution in [-0.4, -0.2) is 47.8 Å². The highest BCUT2D eigenvalue weighted by atomic mass is 79.9. The Morgan fingerprint density at radius 2 is 1.58 bits per heavy atom. The molecule has 8 heteroatoms. The fourth-order valence-electron chi connectivity index (χ4n) is 2.61. The molecule has 24 heavy (non-hydrogen) atoms. The summed E-state index contributed by atoms with van der Waals surface area (Å²) in [5.74, 6) is -1.96. The van der Waals surface area contributed by atoms with Crippen molar-refractivity contribution >= 4 is 33.8 Å². The van der Waals surface area contributed by atoms with Gasteiger partial charge in [-0.15, -0.1) is 0 Å². The zero-order valence-corrected chi connectivity index (χ0v) is 15.8. The minimum Gasteiger partial charge on any atom is -0.463 e. The van der Waals surface area contributed by atoms with E-state index in [1.165, 1.54) is 20.8 Å². The molecule has 1 aliphatic rings. The monoisotopic (exact) mass is 406 g/mol. The number of esters is 3.